The Morgan fingerprint density at radius 1 is 1.42 bits per heavy atom. The van der Waals surface area contributed by atoms with Gasteiger partial charge in [0.2, 0.25) is 0 Å². The molecule has 0 aliphatic rings. The van der Waals surface area contributed by atoms with E-state index < -0.39 is 5.97 Å². The molecule has 1 heterocycles. The Kier molecular flexibility index (Phi) is 3.90. The van der Waals surface area contributed by atoms with Gasteiger partial charge in [0.25, 0.3) is 0 Å². The number of carboxylic acids is 1. The maximum Gasteiger partial charge on any atom is 0.332 e. The van der Waals surface area contributed by atoms with Gasteiger partial charge in [-0.05, 0) is 24.6 Å². The van der Waals surface area contributed by atoms with Crippen LogP contribution in [0.1, 0.15) is 13.3 Å². The lowest BCUT2D eigenvalue weighted by molar-refractivity contribution is -0.132. The largest absolute Gasteiger partial charge is 0.493 e. The fourth-order valence-electron chi connectivity index (χ4n) is 1.94. The minimum Gasteiger partial charge on any atom is -0.493 e. The van der Waals surface area contributed by atoms with Gasteiger partial charge in [0.05, 0.1) is 18.7 Å². The summed E-state index contributed by atoms with van der Waals surface area (Å²) in [4.78, 5) is 10.8. The van der Waals surface area contributed by atoms with E-state index in [1.165, 1.54) is 0 Å². The monoisotopic (exact) mass is 259 g/mol. The van der Waals surface area contributed by atoms with Crippen molar-refractivity contribution < 1.29 is 14.6 Å². The van der Waals surface area contributed by atoms with E-state index in [-0.39, 0.29) is 12.1 Å². The van der Waals surface area contributed by atoms with Gasteiger partial charge >= 0.3 is 5.97 Å². The van der Waals surface area contributed by atoms with E-state index in [4.69, 9.17) is 9.84 Å². The van der Waals surface area contributed by atoms with Gasteiger partial charge in [0.15, 0.2) is 0 Å². The second-order valence-electron chi connectivity index (χ2n) is 4.39. The minimum atomic E-state index is -0.972. The molecule has 0 radical (unpaired) electrons. The molecule has 0 saturated carbocycles. The van der Waals surface area contributed by atoms with Crippen LogP contribution < -0.4 is 4.74 Å². The van der Waals surface area contributed by atoms with Crippen molar-refractivity contribution in [1.29, 1.82) is 0 Å². The zero-order valence-corrected chi connectivity index (χ0v) is 10.9. The summed E-state index contributed by atoms with van der Waals surface area (Å²) in [6.07, 6.45) is 2.81. The summed E-state index contributed by atoms with van der Waals surface area (Å²) in [7, 11) is 0. The average molecular weight is 259 g/mol. The van der Waals surface area contributed by atoms with E-state index >= 15 is 0 Å². The van der Waals surface area contributed by atoms with Crippen LogP contribution >= 0.6 is 0 Å². The molecule has 1 N–H and O–H groups in total. The molecule has 4 nitrogen and oxygen atoms in total. The molecule has 4 heteroatoms. The number of nitrogens with zero attached hydrogens (tertiary/aromatic N) is 1. The highest BCUT2D eigenvalue weighted by molar-refractivity contribution is 5.88. The molecule has 19 heavy (non-hydrogen) atoms. The predicted molar refractivity (Wildman–Crippen MR) is 74.5 cm³/mol. The van der Waals surface area contributed by atoms with Crippen LogP contribution in [0.5, 0.6) is 5.75 Å². The molecule has 1 aromatic carbocycles. The molecule has 0 fully saturated rings. The third-order valence-corrected chi connectivity index (χ3v) is 2.90. The predicted octanol–water partition coefficient (Wildman–Crippen LogP) is 3.07. The minimum absolute atomic E-state index is 0.164. The standard InChI is InChI=1S/C15H17NO3/c1-3-9-19-14-6-4-5-13-12(14)7-8-16(13)10-11(2)15(17)18/h4-8H,2-3,9-10H2,1H3,(H,17,18). The summed E-state index contributed by atoms with van der Waals surface area (Å²) in [6, 6.07) is 7.72. The van der Waals surface area contributed by atoms with Gasteiger partial charge in [-0.15, -0.1) is 0 Å². The van der Waals surface area contributed by atoms with Crippen molar-refractivity contribution in [3.05, 3.63) is 42.6 Å². The lowest BCUT2D eigenvalue weighted by Crippen LogP contribution is -2.07. The molecule has 0 saturated heterocycles. The molecule has 1 aromatic heterocycles. The first-order valence-electron chi connectivity index (χ1n) is 6.25. The van der Waals surface area contributed by atoms with Crippen molar-refractivity contribution in [2.24, 2.45) is 0 Å². The fraction of sp³-hybridized carbons (Fsp3) is 0.267. The van der Waals surface area contributed by atoms with Gasteiger partial charge < -0.3 is 14.4 Å². The van der Waals surface area contributed by atoms with E-state index in [0.717, 1.165) is 23.1 Å². The SMILES string of the molecule is C=C(Cn1ccc2c(OCCC)cccc21)C(=O)O. The van der Waals surface area contributed by atoms with Gasteiger partial charge in [-0.3, -0.25) is 0 Å². The summed E-state index contributed by atoms with van der Waals surface area (Å²) in [5.41, 5.74) is 1.12. The van der Waals surface area contributed by atoms with Crippen molar-refractivity contribution in [2.75, 3.05) is 6.61 Å². The zero-order chi connectivity index (χ0) is 13.8. The molecule has 2 aromatic rings. The Hall–Kier alpha value is -2.23. The second kappa shape index (κ2) is 5.61. The van der Waals surface area contributed by atoms with E-state index in [2.05, 4.69) is 13.5 Å². The average Bonchev–Trinajstić information content (AvgIpc) is 2.80. The summed E-state index contributed by atoms with van der Waals surface area (Å²) in [5, 5.41) is 9.88. The quantitative estimate of drug-likeness (QED) is 0.811. The van der Waals surface area contributed by atoms with Gasteiger partial charge in [-0.1, -0.05) is 19.6 Å². The Morgan fingerprint density at radius 2 is 2.21 bits per heavy atom. The van der Waals surface area contributed by atoms with Gasteiger partial charge in [0.1, 0.15) is 5.75 Å². The van der Waals surface area contributed by atoms with E-state index in [0.29, 0.717) is 6.61 Å². The third-order valence-electron chi connectivity index (χ3n) is 2.90. The number of carbonyl (C=O) groups is 1. The number of ether oxygens (including phenoxy) is 1. The van der Waals surface area contributed by atoms with Crippen LogP contribution in [0.2, 0.25) is 0 Å². The van der Waals surface area contributed by atoms with E-state index in [1.807, 2.05) is 35.0 Å². The lowest BCUT2D eigenvalue weighted by Gasteiger charge is -2.08. The summed E-state index contributed by atoms with van der Waals surface area (Å²) in [5.74, 6) is -0.140. The van der Waals surface area contributed by atoms with Gasteiger partial charge in [0, 0.05) is 17.2 Å². The molecule has 0 spiro atoms. The topological polar surface area (TPSA) is 51.5 Å². The summed E-state index contributed by atoms with van der Waals surface area (Å²) in [6.45, 7) is 6.56. The number of aromatic nitrogens is 1. The lowest BCUT2D eigenvalue weighted by atomic mass is 10.2. The third kappa shape index (κ3) is 2.78. The Bertz CT molecular complexity index is 613. The number of hydrogen-bond donors (Lipinski definition) is 1. The molecule has 0 bridgehead atoms. The van der Waals surface area contributed by atoms with Crippen molar-refractivity contribution >= 4 is 16.9 Å². The number of rotatable bonds is 6. The zero-order valence-electron chi connectivity index (χ0n) is 10.9. The highest BCUT2D eigenvalue weighted by Gasteiger charge is 2.09. The molecular weight excluding hydrogens is 242 g/mol. The maximum absolute atomic E-state index is 10.8. The van der Waals surface area contributed by atoms with Crippen LogP contribution in [0.15, 0.2) is 42.6 Å². The first-order chi connectivity index (χ1) is 9.13. The van der Waals surface area contributed by atoms with Crippen LogP contribution in [0.4, 0.5) is 0 Å². The first-order valence-corrected chi connectivity index (χ1v) is 6.25. The molecule has 0 amide bonds. The molecule has 0 aliphatic heterocycles. The molecule has 100 valence electrons. The van der Waals surface area contributed by atoms with Crippen molar-refractivity contribution in [3.63, 3.8) is 0 Å². The van der Waals surface area contributed by atoms with Crippen molar-refractivity contribution in [2.45, 2.75) is 19.9 Å². The Morgan fingerprint density at radius 3 is 2.89 bits per heavy atom. The van der Waals surface area contributed by atoms with Crippen molar-refractivity contribution in [1.82, 2.24) is 4.57 Å². The highest BCUT2D eigenvalue weighted by Crippen LogP contribution is 2.27. The van der Waals surface area contributed by atoms with Crippen LogP contribution in [0, 0.1) is 0 Å². The van der Waals surface area contributed by atoms with Gasteiger partial charge in [-0.2, -0.15) is 0 Å². The smallest absolute Gasteiger partial charge is 0.332 e. The summed E-state index contributed by atoms with van der Waals surface area (Å²) >= 11 is 0. The van der Waals surface area contributed by atoms with Crippen LogP contribution in [0.25, 0.3) is 10.9 Å². The Balaban J connectivity index is 2.33. The number of hydrogen-bond acceptors (Lipinski definition) is 2. The molecule has 0 atom stereocenters. The fourth-order valence-corrected chi connectivity index (χ4v) is 1.94. The maximum atomic E-state index is 10.8. The van der Waals surface area contributed by atoms with Crippen molar-refractivity contribution in [3.8, 4) is 5.75 Å². The van der Waals surface area contributed by atoms with Gasteiger partial charge in [-0.25, -0.2) is 4.79 Å². The Labute approximate surface area is 111 Å². The molecule has 0 unspecified atom stereocenters. The molecule has 0 aliphatic carbocycles. The highest BCUT2D eigenvalue weighted by atomic mass is 16.5. The number of fused-ring (bicyclic) bond motifs is 1. The van der Waals surface area contributed by atoms with E-state index in [1.54, 1.807) is 0 Å². The van der Waals surface area contributed by atoms with Crippen LogP contribution in [-0.4, -0.2) is 22.2 Å². The van der Waals surface area contributed by atoms with E-state index in [9.17, 15) is 4.79 Å². The molecule has 2 rings (SSSR count). The van der Waals surface area contributed by atoms with Crippen LogP contribution in [0.3, 0.4) is 0 Å². The first kappa shape index (κ1) is 13.2. The van der Waals surface area contributed by atoms with Crippen LogP contribution in [-0.2, 0) is 11.3 Å². The number of aliphatic carboxylic acids is 1. The molecular formula is C15H17NO3. The number of carboxylic acid groups (broad SMARTS) is 1. The summed E-state index contributed by atoms with van der Waals surface area (Å²) < 4.78 is 7.55. The second-order valence-corrected chi connectivity index (χ2v) is 4.39. The normalized spacial score (nSPS) is 10.6. The number of benzene rings is 1.